The van der Waals surface area contributed by atoms with Gasteiger partial charge in [0.15, 0.2) is 0 Å². The molecule has 0 aliphatic carbocycles. The number of nitrogens with one attached hydrogen (secondary N) is 1. The van der Waals surface area contributed by atoms with Crippen LogP contribution < -0.4 is 5.32 Å². The van der Waals surface area contributed by atoms with Crippen LogP contribution >= 0.6 is 0 Å². The molecule has 3 heterocycles. The number of hydrogen-bond donors (Lipinski definition) is 2. The van der Waals surface area contributed by atoms with E-state index in [4.69, 9.17) is 0 Å². The molecule has 2 N–H and O–H groups in total. The lowest BCUT2D eigenvalue weighted by molar-refractivity contribution is -0.157. The number of urea groups is 1. The number of amides is 4. The van der Waals surface area contributed by atoms with Gasteiger partial charge in [-0.05, 0) is 41.0 Å². The molecular formula is C34H34N6O4. The van der Waals surface area contributed by atoms with E-state index in [9.17, 15) is 19.5 Å². The molecule has 4 aromatic rings. The number of carbonyl (C=O) groups is 3. The highest BCUT2D eigenvalue weighted by Gasteiger charge is 2.52. The lowest BCUT2D eigenvalue weighted by Crippen LogP contribution is -2.66. The first-order valence-electron chi connectivity index (χ1n) is 14.6. The predicted octanol–water partition coefficient (Wildman–Crippen LogP) is 3.68. The average molecular weight is 591 g/mol. The van der Waals surface area contributed by atoms with Gasteiger partial charge in [0.2, 0.25) is 11.8 Å². The summed E-state index contributed by atoms with van der Waals surface area (Å²) < 4.78 is 0. The van der Waals surface area contributed by atoms with Crippen LogP contribution in [0.25, 0.3) is 10.9 Å². The van der Waals surface area contributed by atoms with Gasteiger partial charge in [0.05, 0.1) is 25.2 Å². The van der Waals surface area contributed by atoms with Crippen LogP contribution in [0.3, 0.4) is 0 Å². The lowest BCUT2D eigenvalue weighted by atomic mass is 9.99. The molecule has 224 valence electrons. The van der Waals surface area contributed by atoms with Gasteiger partial charge in [-0.2, -0.15) is 5.01 Å². The van der Waals surface area contributed by atoms with Crippen LogP contribution in [0, 0.1) is 0 Å². The molecule has 2 fully saturated rings. The van der Waals surface area contributed by atoms with E-state index in [1.807, 2.05) is 60.7 Å². The number of benzene rings is 3. The summed E-state index contributed by atoms with van der Waals surface area (Å²) in [5, 5.41) is 17.0. The third-order valence-electron chi connectivity index (χ3n) is 8.16. The summed E-state index contributed by atoms with van der Waals surface area (Å²) in [7, 11) is 0. The molecule has 6 rings (SSSR count). The molecule has 44 heavy (non-hydrogen) atoms. The minimum atomic E-state index is -0.790. The van der Waals surface area contributed by atoms with Crippen molar-refractivity contribution in [3.63, 3.8) is 0 Å². The Morgan fingerprint density at radius 3 is 2.57 bits per heavy atom. The molecule has 0 spiro atoms. The smallest absolute Gasteiger partial charge is 0.332 e. The number of carbonyl (C=O) groups excluding carboxylic acids is 3. The highest BCUT2D eigenvalue weighted by molar-refractivity contribution is 5.92. The van der Waals surface area contributed by atoms with Gasteiger partial charge < -0.3 is 20.2 Å². The Balaban J connectivity index is 1.32. The van der Waals surface area contributed by atoms with E-state index in [2.05, 4.69) is 16.9 Å². The zero-order chi connectivity index (χ0) is 30.6. The largest absolute Gasteiger partial charge is 0.508 e. The third kappa shape index (κ3) is 5.84. The highest BCUT2D eigenvalue weighted by Crippen LogP contribution is 2.31. The first-order valence-corrected chi connectivity index (χ1v) is 14.6. The van der Waals surface area contributed by atoms with Crippen LogP contribution in [0.1, 0.15) is 16.7 Å². The minimum Gasteiger partial charge on any atom is -0.508 e. The SMILES string of the molecule is C=CCN(C(=O)NCc1ccccc1)N1CC(=O)N2[C@@H](Cc3ccc(O)cc3)C(=O)N(Cc3cccc4ncccc34)C[C@@H]21. The number of fused-ring (bicyclic) bond motifs is 2. The fraction of sp³-hybridized carbons (Fsp3) is 0.235. The Hall–Kier alpha value is -5.22. The summed E-state index contributed by atoms with van der Waals surface area (Å²) in [6, 6.07) is 24.8. The van der Waals surface area contributed by atoms with Gasteiger partial charge in [-0.1, -0.05) is 66.7 Å². The second-order valence-electron chi connectivity index (χ2n) is 11.0. The molecule has 2 atom stereocenters. The van der Waals surface area contributed by atoms with Crippen LogP contribution in [0.2, 0.25) is 0 Å². The molecule has 10 nitrogen and oxygen atoms in total. The molecular weight excluding hydrogens is 556 g/mol. The number of phenols is 1. The van der Waals surface area contributed by atoms with E-state index in [1.165, 1.54) is 5.01 Å². The van der Waals surface area contributed by atoms with E-state index in [1.54, 1.807) is 51.3 Å². The van der Waals surface area contributed by atoms with E-state index in [-0.39, 0.29) is 49.7 Å². The van der Waals surface area contributed by atoms with Crippen LogP contribution in [0.5, 0.6) is 5.75 Å². The molecule has 1 aromatic heterocycles. The summed E-state index contributed by atoms with van der Waals surface area (Å²) in [4.78, 5) is 49.2. The van der Waals surface area contributed by atoms with Crippen molar-refractivity contribution in [2.45, 2.75) is 31.7 Å². The maximum Gasteiger partial charge on any atom is 0.332 e. The predicted molar refractivity (Wildman–Crippen MR) is 166 cm³/mol. The molecule has 4 amide bonds. The van der Waals surface area contributed by atoms with E-state index in [0.717, 1.165) is 27.6 Å². The van der Waals surface area contributed by atoms with Crippen molar-refractivity contribution >= 4 is 28.7 Å². The zero-order valence-electron chi connectivity index (χ0n) is 24.3. The van der Waals surface area contributed by atoms with Gasteiger partial charge in [0.1, 0.15) is 18.0 Å². The summed E-state index contributed by atoms with van der Waals surface area (Å²) in [6.45, 7) is 4.84. The van der Waals surface area contributed by atoms with Gasteiger partial charge in [0.25, 0.3) is 0 Å². The Labute approximate surface area is 255 Å². The highest BCUT2D eigenvalue weighted by atomic mass is 16.3. The van der Waals surface area contributed by atoms with Crippen molar-refractivity contribution in [3.05, 3.63) is 120 Å². The van der Waals surface area contributed by atoms with Gasteiger partial charge in [-0.15, -0.1) is 6.58 Å². The van der Waals surface area contributed by atoms with Crippen LogP contribution in [-0.2, 0) is 29.1 Å². The summed E-state index contributed by atoms with van der Waals surface area (Å²) in [5.41, 5.74) is 3.54. The van der Waals surface area contributed by atoms with Crippen LogP contribution in [0.4, 0.5) is 4.79 Å². The molecule has 0 saturated carbocycles. The number of pyridine rings is 1. The number of aromatic hydroxyl groups is 1. The standard InChI is InChI=1S/C34H34N6O4/c1-2-18-38(34(44)36-20-25-8-4-3-5-9-25)39-23-32(42)40-30(19-24-13-15-27(41)16-14-24)33(43)37(22-31(39)40)21-26-10-6-12-29-28(26)11-7-17-35-29/h2-17,30-31,41H,1,18-23H2,(H,36,44)/t30-,31+/m0/s1. The number of piperazine rings is 1. The quantitative estimate of drug-likeness (QED) is 0.288. The Morgan fingerprint density at radius 1 is 1.00 bits per heavy atom. The van der Waals surface area contributed by atoms with E-state index >= 15 is 0 Å². The third-order valence-corrected chi connectivity index (χ3v) is 8.16. The maximum atomic E-state index is 14.2. The second kappa shape index (κ2) is 12.6. The van der Waals surface area contributed by atoms with E-state index < -0.39 is 12.2 Å². The van der Waals surface area contributed by atoms with Crippen LogP contribution in [-0.4, -0.2) is 79.6 Å². The molecule has 10 heteroatoms. The first-order chi connectivity index (χ1) is 21.4. The second-order valence-corrected chi connectivity index (χ2v) is 11.0. The summed E-state index contributed by atoms with van der Waals surface area (Å²) in [6.07, 6.45) is 3.06. The van der Waals surface area contributed by atoms with E-state index in [0.29, 0.717) is 13.1 Å². The van der Waals surface area contributed by atoms with Gasteiger partial charge >= 0.3 is 6.03 Å². The fourth-order valence-corrected chi connectivity index (χ4v) is 6.05. The van der Waals surface area contributed by atoms with Crippen molar-refractivity contribution in [2.24, 2.45) is 0 Å². The Morgan fingerprint density at radius 2 is 1.80 bits per heavy atom. The van der Waals surface area contributed by atoms with Gasteiger partial charge in [-0.3, -0.25) is 19.6 Å². The molecule has 0 radical (unpaired) electrons. The van der Waals surface area contributed by atoms with Crippen molar-refractivity contribution in [2.75, 3.05) is 19.6 Å². The lowest BCUT2D eigenvalue weighted by Gasteiger charge is -2.46. The average Bonchev–Trinajstić information content (AvgIpc) is 3.37. The maximum absolute atomic E-state index is 14.2. The molecule has 0 unspecified atom stereocenters. The minimum absolute atomic E-state index is 0.0529. The first kappa shape index (κ1) is 28.9. The Kier molecular flexibility index (Phi) is 8.25. The normalized spacial score (nSPS) is 18.4. The molecule has 2 saturated heterocycles. The zero-order valence-corrected chi connectivity index (χ0v) is 24.3. The number of hydrogen-bond acceptors (Lipinski definition) is 6. The number of hydrazine groups is 1. The van der Waals surface area contributed by atoms with Crippen molar-refractivity contribution in [1.29, 1.82) is 0 Å². The van der Waals surface area contributed by atoms with Crippen LogP contribution in [0.15, 0.2) is 104 Å². The van der Waals surface area contributed by atoms with Crippen molar-refractivity contribution < 1.29 is 19.5 Å². The topological polar surface area (TPSA) is 109 Å². The fourth-order valence-electron chi connectivity index (χ4n) is 6.05. The summed E-state index contributed by atoms with van der Waals surface area (Å²) >= 11 is 0. The van der Waals surface area contributed by atoms with Gasteiger partial charge in [0, 0.05) is 31.1 Å². The Bertz CT molecular complexity index is 1670. The number of phenolic OH excluding ortho intramolecular Hbond substituents is 1. The number of rotatable bonds is 9. The number of nitrogens with zero attached hydrogens (tertiary/aromatic N) is 5. The van der Waals surface area contributed by atoms with Gasteiger partial charge in [-0.25, -0.2) is 4.79 Å². The molecule has 2 aliphatic heterocycles. The molecule has 0 bridgehead atoms. The van der Waals surface area contributed by atoms with Crippen molar-refractivity contribution in [3.8, 4) is 5.75 Å². The molecule has 2 aliphatic rings. The summed E-state index contributed by atoms with van der Waals surface area (Å²) in [5.74, 6) is -0.280. The molecule has 3 aromatic carbocycles. The van der Waals surface area contributed by atoms with Crippen molar-refractivity contribution in [1.82, 2.24) is 30.1 Å². The monoisotopic (exact) mass is 590 g/mol. The number of aromatic nitrogens is 1.